The van der Waals surface area contributed by atoms with Crippen LogP contribution in [0.1, 0.15) is 38.5 Å². The molecule has 1 unspecified atom stereocenters. The van der Waals surface area contributed by atoms with E-state index in [4.69, 9.17) is 10.1 Å². The van der Waals surface area contributed by atoms with Crippen molar-refractivity contribution in [1.29, 1.82) is 5.41 Å². The highest BCUT2D eigenvalue weighted by Crippen LogP contribution is 2.30. The zero-order chi connectivity index (χ0) is 16.5. The Morgan fingerprint density at radius 3 is 2.74 bits per heavy atom. The summed E-state index contributed by atoms with van der Waals surface area (Å²) < 4.78 is 9.72. The Morgan fingerprint density at radius 1 is 1.30 bits per heavy atom. The molecule has 1 heterocycles. The van der Waals surface area contributed by atoms with E-state index in [-0.39, 0.29) is 0 Å². The second kappa shape index (κ2) is 10.3. The highest BCUT2D eigenvalue weighted by Gasteiger charge is 2.28. The van der Waals surface area contributed by atoms with Crippen LogP contribution in [0.5, 0.6) is 0 Å². The fourth-order valence-electron chi connectivity index (χ4n) is 3.67. The monoisotopic (exact) mass is 340 g/mol. The minimum atomic E-state index is 0.381. The molecule has 0 radical (unpaired) electrons. The minimum absolute atomic E-state index is 0.381. The predicted octanol–water partition coefficient (Wildman–Crippen LogP) is 2.30. The fraction of sp³-hybridized carbons (Fsp3) is 0.824. The van der Waals surface area contributed by atoms with Crippen LogP contribution in [0.4, 0.5) is 0 Å². The molecular formula is C17H32N4OS. The first-order chi connectivity index (χ1) is 11.3. The highest BCUT2D eigenvalue weighted by atomic mass is 32.2. The molecule has 1 aliphatic heterocycles. The van der Waals surface area contributed by atoms with Crippen molar-refractivity contribution in [3.63, 3.8) is 0 Å². The van der Waals surface area contributed by atoms with Gasteiger partial charge in [0.15, 0.2) is 0 Å². The molecule has 2 rings (SSSR count). The van der Waals surface area contributed by atoms with Crippen molar-refractivity contribution in [3.05, 3.63) is 11.8 Å². The molecule has 1 aliphatic carbocycles. The van der Waals surface area contributed by atoms with Crippen LogP contribution in [0.2, 0.25) is 0 Å². The van der Waals surface area contributed by atoms with Gasteiger partial charge in [0.2, 0.25) is 0 Å². The normalized spacial score (nSPS) is 32.5. The third kappa shape index (κ3) is 5.78. The van der Waals surface area contributed by atoms with Gasteiger partial charge in [0.25, 0.3) is 0 Å². The first kappa shape index (κ1) is 18.8. The molecule has 1 saturated heterocycles. The maximum Gasteiger partial charge on any atom is 0.0638 e. The molecule has 2 atom stereocenters. The van der Waals surface area contributed by atoms with Gasteiger partial charge in [-0.3, -0.25) is 4.72 Å². The minimum Gasteiger partial charge on any atom is -0.394 e. The molecule has 6 heteroatoms. The number of ether oxygens (including phenoxy) is 1. The molecule has 2 fully saturated rings. The third-order valence-electron chi connectivity index (χ3n) is 4.99. The molecule has 5 nitrogen and oxygen atoms in total. The molecule has 0 aromatic carbocycles. The molecular weight excluding hydrogens is 308 g/mol. The summed E-state index contributed by atoms with van der Waals surface area (Å²) in [6.07, 6.45) is 12.8. The lowest BCUT2D eigenvalue weighted by molar-refractivity contribution is 0.00302. The van der Waals surface area contributed by atoms with Crippen LogP contribution in [0.15, 0.2) is 11.8 Å². The molecule has 0 aromatic rings. The Kier molecular flexibility index (Phi) is 8.44. The van der Waals surface area contributed by atoms with E-state index in [2.05, 4.69) is 21.6 Å². The lowest BCUT2D eigenvalue weighted by Gasteiger charge is -2.35. The van der Waals surface area contributed by atoms with Crippen molar-refractivity contribution in [3.8, 4) is 0 Å². The summed E-state index contributed by atoms with van der Waals surface area (Å²) in [6, 6.07) is 0.938. The first-order valence-electron chi connectivity index (χ1n) is 8.79. The average Bonchev–Trinajstić information content (AvgIpc) is 2.60. The van der Waals surface area contributed by atoms with Gasteiger partial charge in [-0.1, -0.05) is 11.9 Å². The fourth-order valence-corrected chi connectivity index (χ4v) is 4.25. The zero-order valence-electron chi connectivity index (χ0n) is 14.4. The Hall–Kier alpha value is -0.560. The molecule has 23 heavy (non-hydrogen) atoms. The van der Waals surface area contributed by atoms with Gasteiger partial charge in [0.05, 0.1) is 12.7 Å². The van der Waals surface area contributed by atoms with Crippen LogP contribution in [0, 0.1) is 11.3 Å². The van der Waals surface area contributed by atoms with Gasteiger partial charge in [-0.05, 0) is 62.8 Å². The quantitative estimate of drug-likeness (QED) is 0.403. The second-order valence-corrected chi connectivity index (χ2v) is 7.16. The molecule has 1 saturated carbocycles. The number of allylic oxidation sites excluding steroid dienone is 1. The molecule has 0 spiro atoms. The Bertz CT molecular complexity index is 381. The van der Waals surface area contributed by atoms with E-state index < -0.39 is 0 Å². The first-order valence-corrected chi connectivity index (χ1v) is 10.0. The van der Waals surface area contributed by atoms with Crippen LogP contribution in [-0.4, -0.2) is 50.9 Å². The molecule has 0 bridgehead atoms. The van der Waals surface area contributed by atoms with E-state index in [0.29, 0.717) is 24.1 Å². The lowest BCUT2D eigenvalue weighted by Crippen LogP contribution is -2.52. The predicted molar refractivity (Wildman–Crippen MR) is 99.1 cm³/mol. The number of rotatable bonds is 8. The SMILES string of the molecule is CN/C=C(\C=N)[C@H]1CC[C@@H](OC[C@@H]2NCCCC2NSC)CC1. The Morgan fingerprint density at radius 2 is 2.09 bits per heavy atom. The summed E-state index contributed by atoms with van der Waals surface area (Å²) in [5.41, 5.74) is 1.11. The van der Waals surface area contributed by atoms with Gasteiger partial charge in [0, 0.05) is 31.5 Å². The maximum absolute atomic E-state index is 7.54. The number of nitrogens with one attached hydrogen (secondary N) is 4. The van der Waals surface area contributed by atoms with Gasteiger partial charge in [-0.15, -0.1) is 0 Å². The molecule has 132 valence electrons. The summed E-state index contributed by atoms with van der Waals surface area (Å²) >= 11 is 1.70. The van der Waals surface area contributed by atoms with E-state index in [1.807, 2.05) is 13.2 Å². The molecule has 0 aromatic heterocycles. The van der Waals surface area contributed by atoms with Crippen molar-refractivity contribution in [1.82, 2.24) is 15.4 Å². The van der Waals surface area contributed by atoms with Gasteiger partial charge in [0.1, 0.15) is 0 Å². The van der Waals surface area contributed by atoms with Crippen molar-refractivity contribution < 1.29 is 4.74 Å². The summed E-state index contributed by atoms with van der Waals surface area (Å²) in [4.78, 5) is 0. The highest BCUT2D eigenvalue weighted by molar-refractivity contribution is 7.96. The van der Waals surface area contributed by atoms with E-state index in [9.17, 15) is 0 Å². The molecule has 0 amide bonds. The van der Waals surface area contributed by atoms with E-state index in [1.165, 1.54) is 19.1 Å². The van der Waals surface area contributed by atoms with Gasteiger partial charge < -0.3 is 20.8 Å². The Labute approximate surface area is 145 Å². The van der Waals surface area contributed by atoms with Gasteiger partial charge in [-0.2, -0.15) is 0 Å². The van der Waals surface area contributed by atoms with Crippen LogP contribution in [0.25, 0.3) is 0 Å². The van der Waals surface area contributed by atoms with Crippen LogP contribution in [-0.2, 0) is 4.74 Å². The second-order valence-electron chi connectivity index (χ2n) is 6.52. The summed E-state index contributed by atoms with van der Waals surface area (Å²) in [5, 5.41) is 14.2. The van der Waals surface area contributed by atoms with Crippen molar-refractivity contribution >= 4 is 18.2 Å². The number of hydrogen-bond acceptors (Lipinski definition) is 6. The van der Waals surface area contributed by atoms with Gasteiger partial charge in [-0.25, -0.2) is 0 Å². The molecule has 2 aliphatic rings. The average molecular weight is 341 g/mol. The van der Waals surface area contributed by atoms with Crippen LogP contribution >= 0.6 is 11.9 Å². The third-order valence-corrected chi connectivity index (χ3v) is 5.53. The van der Waals surface area contributed by atoms with Crippen LogP contribution < -0.4 is 15.4 Å². The lowest BCUT2D eigenvalue weighted by atomic mass is 9.83. The van der Waals surface area contributed by atoms with Crippen molar-refractivity contribution in [2.24, 2.45) is 5.92 Å². The van der Waals surface area contributed by atoms with E-state index in [1.54, 1.807) is 11.9 Å². The number of piperidine rings is 1. The van der Waals surface area contributed by atoms with Crippen molar-refractivity contribution in [2.75, 3.05) is 26.5 Å². The Balaban J connectivity index is 1.73. The summed E-state index contributed by atoms with van der Waals surface area (Å²) in [7, 11) is 1.90. The summed E-state index contributed by atoms with van der Waals surface area (Å²) in [6.45, 7) is 1.90. The van der Waals surface area contributed by atoms with E-state index >= 15 is 0 Å². The largest absolute Gasteiger partial charge is 0.394 e. The smallest absolute Gasteiger partial charge is 0.0638 e. The van der Waals surface area contributed by atoms with Crippen LogP contribution in [0.3, 0.4) is 0 Å². The topological polar surface area (TPSA) is 69.2 Å². The van der Waals surface area contributed by atoms with E-state index in [0.717, 1.165) is 44.4 Å². The van der Waals surface area contributed by atoms with Gasteiger partial charge >= 0.3 is 0 Å². The standard InChI is InChI=1S/C17H32N4OS/c1-19-11-14(10-18)13-5-7-15(8-6-13)22-12-17-16(21-23-2)4-3-9-20-17/h10-11,13,15-21H,3-9,12H2,1-2H3/b14-11+,18-10?/t13-,15+,16?,17-/m0/s1. The molecule has 4 N–H and O–H groups in total. The zero-order valence-corrected chi connectivity index (χ0v) is 15.3. The maximum atomic E-state index is 7.54. The number of hydrogen-bond donors (Lipinski definition) is 4. The van der Waals surface area contributed by atoms with Crippen molar-refractivity contribution in [2.45, 2.75) is 56.7 Å². The summed E-state index contributed by atoms with van der Waals surface area (Å²) in [5.74, 6) is 0.513.